The van der Waals surface area contributed by atoms with Gasteiger partial charge in [0.1, 0.15) is 0 Å². The van der Waals surface area contributed by atoms with Gasteiger partial charge in [0, 0.05) is 11.0 Å². The van der Waals surface area contributed by atoms with Gasteiger partial charge in [0.15, 0.2) is 0 Å². The highest BCUT2D eigenvalue weighted by molar-refractivity contribution is 9.10. The van der Waals surface area contributed by atoms with Gasteiger partial charge in [0.2, 0.25) is 15.9 Å². The van der Waals surface area contributed by atoms with E-state index in [9.17, 15) is 13.2 Å². The Bertz CT molecular complexity index is 808. The van der Waals surface area contributed by atoms with Gasteiger partial charge in [-0.05, 0) is 36.8 Å². The summed E-state index contributed by atoms with van der Waals surface area (Å²) in [5.41, 5.74) is 0.950. The molecular formula is C18H21BrN2O3S. The number of hydrogen-bond acceptors (Lipinski definition) is 3. The molecule has 2 rings (SSSR count). The summed E-state index contributed by atoms with van der Waals surface area (Å²) in [5, 5.41) is 2.84. The van der Waals surface area contributed by atoms with E-state index in [0.717, 1.165) is 10.0 Å². The third kappa shape index (κ3) is 5.14. The molecule has 0 unspecified atom stereocenters. The Hall–Kier alpha value is -1.70. The van der Waals surface area contributed by atoms with Crippen molar-refractivity contribution in [1.29, 1.82) is 0 Å². The smallest absolute Gasteiger partial charge is 0.243 e. The lowest BCUT2D eigenvalue weighted by atomic mass is 10.1. The van der Waals surface area contributed by atoms with Crippen LogP contribution in [0.4, 0.5) is 0 Å². The average Bonchev–Trinajstić information content (AvgIpc) is 2.60. The molecule has 0 spiro atoms. The molecule has 0 aliphatic carbocycles. The molecule has 5 nitrogen and oxygen atoms in total. The molecular weight excluding hydrogens is 404 g/mol. The fourth-order valence-electron chi connectivity index (χ4n) is 2.39. The van der Waals surface area contributed by atoms with E-state index in [0.29, 0.717) is 0 Å². The maximum absolute atomic E-state index is 12.6. The standard InChI is InChI=1S/C18H21BrN2O3S/c1-3-21(25(23,24)17-7-5-4-6-8-17)13-18(22)20-14(2)15-9-11-16(19)12-10-15/h4-12,14H,3,13H2,1-2H3,(H,20,22)/t14-/m0/s1. The number of carbonyl (C=O) groups excluding carboxylic acids is 1. The molecule has 1 N–H and O–H groups in total. The van der Waals surface area contributed by atoms with E-state index >= 15 is 0 Å². The molecule has 0 bridgehead atoms. The number of amides is 1. The number of sulfonamides is 1. The van der Waals surface area contributed by atoms with Crippen molar-refractivity contribution in [2.75, 3.05) is 13.1 Å². The molecule has 2 aromatic carbocycles. The van der Waals surface area contributed by atoms with Crippen molar-refractivity contribution in [2.24, 2.45) is 0 Å². The van der Waals surface area contributed by atoms with Crippen molar-refractivity contribution < 1.29 is 13.2 Å². The molecule has 0 aromatic heterocycles. The second kappa shape index (κ2) is 8.60. The number of nitrogens with zero attached hydrogens (tertiary/aromatic N) is 1. The zero-order chi connectivity index (χ0) is 18.4. The van der Waals surface area contributed by atoms with Crippen molar-refractivity contribution in [3.63, 3.8) is 0 Å². The van der Waals surface area contributed by atoms with Crippen molar-refractivity contribution in [3.05, 3.63) is 64.6 Å². The fourth-order valence-corrected chi connectivity index (χ4v) is 4.08. The first kappa shape index (κ1) is 19.6. The van der Waals surface area contributed by atoms with Crippen LogP contribution in [0.15, 0.2) is 64.0 Å². The van der Waals surface area contributed by atoms with Gasteiger partial charge in [-0.2, -0.15) is 4.31 Å². The highest BCUT2D eigenvalue weighted by Crippen LogP contribution is 2.17. The second-order valence-corrected chi connectivity index (χ2v) is 8.44. The number of carbonyl (C=O) groups is 1. The molecule has 0 aliphatic rings. The summed E-state index contributed by atoms with van der Waals surface area (Å²) in [7, 11) is -3.69. The van der Waals surface area contributed by atoms with Crippen LogP contribution in [0.3, 0.4) is 0 Å². The Kier molecular flexibility index (Phi) is 6.75. The first-order valence-corrected chi connectivity index (χ1v) is 10.2. The zero-order valence-electron chi connectivity index (χ0n) is 14.1. The maximum Gasteiger partial charge on any atom is 0.243 e. The Morgan fingerprint density at radius 3 is 2.28 bits per heavy atom. The summed E-state index contributed by atoms with van der Waals surface area (Å²) < 4.78 is 27.4. The average molecular weight is 425 g/mol. The summed E-state index contributed by atoms with van der Waals surface area (Å²) in [5.74, 6) is -0.336. The molecule has 2 aromatic rings. The predicted octanol–water partition coefficient (Wildman–Crippen LogP) is 3.34. The van der Waals surface area contributed by atoms with Gasteiger partial charge in [0.25, 0.3) is 0 Å². The van der Waals surface area contributed by atoms with E-state index in [-0.39, 0.29) is 29.9 Å². The number of likely N-dealkylation sites (N-methyl/N-ethyl adjacent to an activating group) is 1. The summed E-state index contributed by atoms with van der Waals surface area (Å²) in [6.45, 7) is 3.58. The Morgan fingerprint density at radius 2 is 1.72 bits per heavy atom. The van der Waals surface area contributed by atoms with Gasteiger partial charge in [-0.15, -0.1) is 0 Å². The van der Waals surface area contributed by atoms with E-state index in [1.165, 1.54) is 16.4 Å². The quantitative estimate of drug-likeness (QED) is 0.740. The maximum atomic E-state index is 12.6. The lowest BCUT2D eigenvalue weighted by molar-refractivity contribution is -0.121. The molecule has 1 atom stereocenters. The van der Waals surface area contributed by atoms with Crippen LogP contribution in [0, 0.1) is 0 Å². The van der Waals surface area contributed by atoms with Gasteiger partial charge in [-0.25, -0.2) is 8.42 Å². The van der Waals surface area contributed by atoms with Crippen molar-refractivity contribution in [2.45, 2.75) is 24.8 Å². The van der Waals surface area contributed by atoms with E-state index in [2.05, 4.69) is 21.2 Å². The highest BCUT2D eigenvalue weighted by Gasteiger charge is 2.25. The lowest BCUT2D eigenvalue weighted by Gasteiger charge is -2.21. The van der Waals surface area contributed by atoms with Gasteiger partial charge in [-0.3, -0.25) is 4.79 Å². The molecule has 0 heterocycles. The number of rotatable bonds is 7. The van der Waals surface area contributed by atoms with Gasteiger partial charge >= 0.3 is 0 Å². The van der Waals surface area contributed by atoms with E-state index in [1.54, 1.807) is 25.1 Å². The third-order valence-electron chi connectivity index (χ3n) is 3.80. The minimum atomic E-state index is -3.69. The second-order valence-electron chi connectivity index (χ2n) is 5.59. The predicted molar refractivity (Wildman–Crippen MR) is 102 cm³/mol. The molecule has 1 amide bonds. The molecule has 0 saturated heterocycles. The first-order chi connectivity index (χ1) is 11.8. The fraction of sp³-hybridized carbons (Fsp3) is 0.278. The van der Waals surface area contributed by atoms with Crippen LogP contribution in [0.2, 0.25) is 0 Å². The van der Waals surface area contributed by atoms with Crippen molar-refractivity contribution in [1.82, 2.24) is 9.62 Å². The molecule has 0 saturated carbocycles. The third-order valence-corrected chi connectivity index (χ3v) is 6.26. The van der Waals surface area contributed by atoms with Crippen LogP contribution < -0.4 is 5.32 Å². The number of nitrogens with one attached hydrogen (secondary N) is 1. The highest BCUT2D eigenvalue weighted by atomic mass is 79.9. The summed E-state index contributed by atoms with van der Waals surface area (Å²) in [4.78, 5) is 12.5. The first-order valence-electron chi connectivity index (χ1n) is 7.94. The normalized spacial score (nSPS) is 12.8. The van der Waals surface area contributed by atoms with Gasteiger partial charge < -0.3 is 5.32 Å². The van der Waals surface area contributed by atoms with Crippen LogP contribution in [0.5, 0.6) is 0 Å². The van der Waals surface area contributed by atoms with Gasteiger partial charge in [0.05, 0.1) is 17.5 Å². The van der Waals surface area contributed by atoms with Crippen molar-refractivity contribution in [3.8, 4) is 0 Å². The van der Waals surface area contributed by atoms with E-state index < -0.39 is 10.0 Å². The van der Waals surface area contributed by atoms with Crippen LogP contribution in [0.1, 0.15) is 25.5 Å². The molecule has 0 fully saturated rings. The Morgan fingerprint density at radius 1 is 1.12 bits per heavy atom. The van der Waals surface area contributed by atoms with Crippen molar-refractivity contribution >= 4 is 31.9 Å². The Labute approximate surface area is 157 Å². The molecule has 0 radical (unpaired) electrons. The van der Waals surface area contributed by atoms with Crippen LogP contribution in [-0.4, -0.2) is 31.7 Å². The summed E-state index contributed by atoms with van der Waals surface area (Å²) in [6.07, 6.45) is 0. The number of benzene rings is 2. The minimum Gasteiger partial charge on any atom is -0.348 e. The number of halogens is 1. The minimum absolute atomic E-state index is 0.186. The zero-order valence-corrected chi connectivity index (χ0v) is 16.5. The lowest BCUT2D eigenvalue weighted by Crippen LogP contribution is -2.41. The number of hydrogen-bond donors (Lipinski definition) is 1. The molecule has 134 valence electrons. The van der Waals surface area contributed by atoms with E-state index in [1.807, 2.05) is 31.2 Å². The summed E-state index contributed by atoms with van der Waals surface area (Å²) >= 11 is 3.37. The SMILES string of the molecule is CCN(CC(=O)N[C@@H](C)c1ccc(Br)cc1)S(=O)(=O)c1ccccc1. The van der Waals surface area contributed by atoms with Crippen LogP contribution in [0.25, 0.3) is 0 Å². The molecule has 7 heteroatoms. The molecule has 0 aliphatic heterocycles. The van der Waals surface area contributed by atoms with Crippen LogP contribution >= 0.6 is 15.9 Å². The monoisotopic (exact) mass is 424 g/mol. The topological polar surface area (TPSA) is 66.5 Å². The summed E-state index contributed by atoms with van der Waals surface area (Å²) in [6, 6.07) is 15.5. The Balaban J connectivity index is 2.06. The van der Waals surface area contributed by atoms with E-state index in [4.69, 9.17) is 0 Å². The largest absolute Gasteiger partial charge is 0.348 e. The van der Waals surface area contributed by atoms with Crippen LogP contribution in [-0.2, 0) is 14.8 Å². The van der Waals surface area contributed by atoms with Gasteiger partial charge in [-0.1, -0.05) is 53.2 Å². The molecule has 25 heavy (non-hydrogen) atoms.